The fourth-order valence-corrected chi connectivity index (χ4v) is 5.96. The van der Waals surface area contributed by atoms with Gasteiger partial charge in [0.1, 0.15) is 16.0 Å². The molecule has 1 aromatic carbocycles. The van der Waals surface area contributed by atoms with Gasteiger partial charge in [-0.1, -0.05) is 12.1 Å². The molecule has 2 aromatic heterocycles. The van der Waals surface area contributed by atoms with Crippen LogP contribution in [0, 0.1) is 0 Å². The lowest BCUT2D eigenvalue weighted by atomic mass is 9.94. The summed E-state index contributed by atoms with van der Waals surface area (Å²) in [7, 11) is 0. The first-order chi connectivity index (χ1) is 15.1. The van der Waals surface area contributed by atoms with Crippen molar-refractivity contribution in [1.29, 1.82) is 0 Å². The highest BCUT2D eigenvalue weighted by Gasteiger charge is 2.32. The molecule has 3 aromatic rings. The van der Waals surface area contributed by atoms with E-state index in [1.54, 1.807) is 23.5 Å². The highest BCUT2D eigenvalue weighted by Crippen LogP contribution is 2.42. The van der Waals surface area contributed by atoms with Gasteiger partial charge in [0.2, 0.25) is 0 Å². The van der Waals surface area contributed by atoms with Gasteiger partial charge in [0.05, 0.1) is 12.2 Å². The van der Waals surface area contributed by atoms with E-state index in [1.807, 2.05) is 30.5 Å². The van der Waals surface area contributed by atoms with Crippen LogP contribution in [-0.4, -0.2) is 18.5 Å². The molecule has 1 atom stereocenters. The largest absolute Gasteiger partial charge is 0.490 e. The van der Waals surface area contributed by atoms with Gasteiger partial charge in [0, 0.05) is 4.88 Å². The van der Waals surface area contributed by atoms with Crippen LogP contribution in [0.15, 0.2) is 35.7 Å². The van der Waals surface area contributed by atoms with Crippen LogP contribution in [0.3, 0.4) is 0 Å². The van der Waals surface area contributed by atoms with Crippen molar-refractivity contribution in [3.05, 3.63) is 62.2 Å². The van der Waals surface area contributed by atoms with E-state index in [1.165, 1.54) is 28.2 Å². The van der Waals surface area contributed by atoms with Crippen molar-refractivity contribution < 1.29 is 19.1 Å². The molecule has 0 radical (unpaired) electrons. The number of anilines is 1. The Morgan fingerprint density at radius 1 is 1.16 bits per heavy atom. The van der Waals surface area contributed by atoms with Crippen LogP contribution in [-0.2, 0) is 12.8 Å². The average molecular weight is 455 g/mol. The van der Waals surface area contributed by atoms with Gasteiger partial charge in [-0.05, 0) is 67.3 Å². The molecule has 0 fully saturated rings. The zero-order valence-corrected chi connectivity index (χ0v) is 18.7. The topological polar surface area (TPSA) is 76.7 Å². The third-order valence-electron chi connectivity index (χ3n) is 5.48. The summed E-state index contributed by atoms with van der Waals surface area (Å²) in [6, 6.07) is 8.91. The van der Waals surface area contributed by atoms with Crippen molar-refractivity contribution in [2.24, 2.45) is 0 Å². The second-order valence-corrected chi connectivity index (χ2v) is 9.52. The zero-order valence-electron chi connectivity index (χ0n) is 17.0. The molecule has 0 saturated carbocycles. The van der Waals surface area contributed by atoms with Gasteiger partial charge in [-0.2, -0.15) is 0 Å². The first kappa shape index (κ1) is 20.1. The normalized spacial score (nSPS) is 17.2. The van der Waals surface area contributed by atoms with Crippen molar-refractivity contribution in [2.45, 2.75) is 38.8 Å². The average Bonchev–Trinajstić information content (AvgIpc) is 3.43. The summed E-state index contributed by atoms with van der Waals surface area (Å²) in [4.78, 5) is 27.1. The summed E-state index contributed by atoms with van der Waals surface area (Å²) in [5, 5.41) is 9.32. The molecule has 2 N–H and O–H groups in total. The molecule has 31 heavy (non-hydrogen) atoms. The lowest BCUT2D eigenvalue weighted by Gasteiger charge is -2.27. The van der Waals surface area contributed by atoms with E-state index in [4.69, 9.17) is 9.47 Å². The van der Waals surface area contributed by atoms with Gasteiger partial charge in [-0.15, -0.1) is 22.7 Å². The second kappa shape index (κ2) is 8.36. The van der Waals surface area contributed by atoms with Crippen molar-refractivity contribution in [3.63, 3.8) is 0 Å². The SMILES string of the molecule is CCOc1cc([C@@H]2NC(=O)c3c(sc4c3CCCC4)N2)ccc1OC(=O)c1cccs1. The van der Waals surface area contributed by atoms with E-state index >= 15 is 0 Å². The summed E-state index contributed by atoms with van der Waals surface area (Å²) in [5.74, 6) is 0.376. The number of ether oxygens (including phenoxy) is 2. The summed E-state index contributed by atoms with van der Waals surface area (Å²) in [5.41, 5.74) is 2.85. The molecule has 1 amide bonds. The van der Waals surface area contributed by atoms with Crippen molar-refractivity contribution >= 4 is 39.6 Å². The van der Waals surface area contributed by atoms with E-state index in [0.717, 1.165) is 35.4 Å². The monoisotopic (exact) mass is 454 g/mol. The predicted molar refractivity (Wildman–Crippen MR) is 122 cm³/mol. The molecule has 0 bridgehead atoms. The minimum absolute atomic E-state index is 0.0377. The Bertz CT molecular complexity index is 1140. The van der Waals surface area contributed by atoms with Crippen molar-refractivity contribution in [2.75, 3.05) is 11.9 Å². The lowest BCUT2D eigenvalue weighted by Crippen LogP contribution is -2.38. The standard InChI is InChI=1S/C23H22N2O4S2/c1-2-28-16-12-13(9-10-15(16)29-23(27)18-8-5-11-30-18)20-24-21(26)19-14-6-3-4-7-17(14)31-22(19)25-20/h5,8-12,20,25H,2-4,6-7H2,1H3,(H,24,26)/t20-/m1/s1. The molecule has 0 saturated heterocycles. The molecule has 0 unspecified atom stereocenters. The summed E-state index contributed by atoms with van der Waals surface area (Å²) >= 11 is 3.02. The Labute approximate surface area is 188 Å². The highest BCUT2D eigenvalue weighted by molar-refractivity contribution is 7.16. The van der Waals surface area contributed by atoms with Gasteiger partial charge >= 0.3 is 5.97 Å². The van der Waals surface area contributed by atoms with E-state index in [2.05, 4.69) is 10.6 Å². The molecular weight excluding hydrogens is 432 g/mol. The maximum absolute atomic E-state index is 12.9. The zero-order chi connectivity index (χ0) is 21.4. The van der Waals surface area contributed by atoms with Crippen LogP contribution in [0.25, 0.3) is 0 Å². The number of carbonyl (C=O) groups excluding carboxylic acids is 2. The number of nitrogens with one attached hydrogen (secondary N) is 2. The molecule has 5 rings (SSSR count). The fourth-order valence-electron chi connectivity index (χ4n) is 4.05. The second-order valence-electron chi connectivity index (χ2n) is 7.47. The number of aryl methyl sites for hydroxylation is 1. The molecule has 8 heteroatoms. The van der Waals surface area contributed by atoms with E-state index < -0.39 is 5.97 Å². The summed E-state index contributed by atoms with van der Waals surface area (Å²) in [6.45, 7) is 2.31. The maximum atomic E-state index is 12.9. The van der Waals surface area contributed by atoms with Crippen LogP contribution in [0.1, 0.15) is 62.0 Å². The molecule has 3 heterocycles. The fraction of sp³-hybridized carbons (Fsp3) is 0.304. The van der Waals surface area contributed by atoms with Crippen LogP contribution in [0.4, 0.5) is 5.00 Å². The number of amides is 1. The van der Waals surface area contributed by atoms with Crippen LogP contribution >= 0.6 is 22.7 Å². The number of benzene rings is 1. The Balaban J connectivity index is 1.41. The van der Waals surface area contributed by atoms with Gasteiger partial charge < -0.3 is 20.1 Å². The van der Waals surface area contributed by atoms with E-state index in [0.29, 0.717) is 23.0 Å². The summed E-state index contributed by atoms with van der Waals surface area (Å²) < 4.78 is 11.3. The van der Waals surface area contributed by atoms with Crippen LogP contribution < -0.4 is 20.1 Å². The van der Waals surface area contributed by atoms with E-state index in [-0.39, 0.29) is 12.1 Å². The third kappa shape index (κ3) is 3.81. The van der Waals surface area contributed by atoms with Crippen LogP contribution in [0.5, 0.6) is 11.5 Å². The number of hydrogen-bond donors (Lipinski definition) is 2. The Morgan fingerprint density at radius 3 is 2.84 bits per heavy atom. The first-order valence-corrected chi connectivity index (χ1v) is 12.1. The van der Waals surface area contributed by atoms with Gasteiger partial charge in [-0.25, -0.2) is 4.79 Å². The van der Waals surface area contributed by atoms with Crippen molar-refractivity contribution in [1.82, 2.24) is 5.32 Å². The van der Waals surface area contributed by atoms with Crippen LogP contribution in [0.2, 0.25) is 0 Å². The maximum Gasteiger partial charge on any atom is 0.353 e. The van der Waals surface area contributed by atoms with Gasteiger partial charge in [0.25, 0.3) is 5.91 Å². The lowest BCUT2D eigenvalue weighted by molar-refractivity contribution is 0.0733. The van der Waals surface area contributed by atoms with Gasteiger partial charge in [-0.3, -0.25) is 4.79 Å². The number of thiophene rings is 2. The number of carbonyl (C=O) groups is 2. The smallest absolute Gasteiger partial charge is 0.353 e. The predicted octanol–water partition coefficient (Wildman–Crippen LogP) is 5.16. The molecule has 2 aliphatic rings. The Morgan fingerprint density at radius 2 is 2.03 bits per heavy atom. The molecule has 160 valence electrons. The number of fused-ring (bicyclic) bond motifs is 3. The Kier molecular flexibility index (Phi) is 5.41. The molecule has 6 nitrogen and oxygen atoms in total. The number of hydrogen-bond acceptors (Lipinski definition) is 7. The quantitative estimate of drug-likeness (QED) is 0.411. The molecule has 1 aliphatic carbocycles. The van der Waals surface area contributed by atoms with Gasteiger partial charge in [0.15, 0.2) is 11.5 Å². The molecule has 1 aliphatic heterocycles. The molecular formula is C23H22N2O4S2. The minimum Gasteiger partial charge on any atom is -0.490 e. The molecule has 0 spiro atoms. The first-order valence-electron chi connectivity index (χ1n) is 10.4. The highest BCUT2D eigenvalue weighted by atomic mass is 32.1. The number of rotatable bonds is 5. The minimum atomic E-state index is -0.415. The Hall–Kier alpha value is -2.84. The third-order valence-corrected chi connectivity index (χ3v) is 7.55. The summed E-state index contributed by atoms with van der Waals surface area (Å²) in [6.07, 6.45) is 3.96. The van der Waals surface area contributed by atoms with Crippen molar-refractivity contribution in [3.8, 4) is 11.5 Å². The van der Waals surface area contributed by atoms with E-state index in [9.17, 15) is 9.59 Å². The number of esters is 1.